The lowest BCUT2D eigenvalue weighted by Crippen LogP contribution is -2.48. The average Bonchev–Trinajstić information content (AvgIpc) is 2.53. The summed E-state index contributed by atoms with van der Waals surface area (Å²) in [5.41, 5.74) is -2.16. The van der Waals surface area contributed by atoms with Gasteiger partial charge >= 0.3 is 6.18 Å². The van der Waals surface area contributed by atoms with E-state index < -0.39 is 28.7 Å². The van der Waals surface area contributed by atoms with E-state index in [1.165, 1.54) is 6.07 Å². The fraction of sp³-hybridized carbons (Fsp3) is 0.333. The van der Waals surface area contributed by atoms with Gasteiger partial charge in [0.15, 0.2) is 0 Å². The Kier molecular flexibility index (Phi) is 5.10. The molecule has 134 valence electrons. The molecule has 2 rings (SSSR count). The Balaban J connectivity index is 1.95. The van der Waals surface area contributed by atoms with Crippen LogP contribution < -0.4 is 15.6 Å². The second kappa shape index (κ2) is 6.91. The Morgan fingerprint density at radius 1 is 1.24 bits per heavy atom. The molecule has 2 N–H and O–H groups in total. The van der Waals surface area contributed by atoms with Crippen molar-refractivity contribution in [3.8, 4) is 5.88 Å². The van der Waals surface area contributed by atoms with E-state index >= 15 is 0 Å². The number of H-pyrrole nitrogens is 1. The van der Waals surface area contributed by atoms with E-state index in [-0.39, 0.29) is 18.2 Å². The van der Waals surface area contributed by atoms with Gasteiger partial charge in [-0.1, -0.05) is 0 Å². The fourth-order valence-corrected chi connectivity index (χ4v) is 1.77. The van der Waals surface area contributed by atoms with Gasteiger partial charge in [-0.25, -0.2) is 10.1 Å². The van der Waals surface area contributed by atoms with Crippen molar-refractivity contribution < 1.29 is 22.7 Å². The molecule has 0 aliphatic rings. The van der Waals surface area contributed by atoms with Crippen LogP contribution in [0.1, 0.15) is 29.9 Å². The molecule has 2 heterocycles. The summed E-state index contributed by atoms with van der Waals surface area (Å²) in [6, 6.07) is 4.39. The first kappa shape index (κ1) is 18.4. The van der Waals surface area contributed by atoms with Gasteiger partial charge in [-0.05, 0) is 26.0 Å². The molecule has 7 nitrogen and oxygen atoms in total. The Bertz CT molecular complexity index is 780. The molecule has 0 spiro atoms. The lowest BCUT2D eigenvalue weighted by molar-refractivity contribution is -0.137. The van der Waals surface area contributed by atoms with Crippen molar-refractivity contribution in [2.75, 3.05) is 6.61 Å². The van der Waals surface area contributed by atoms with Crippen LogP contribution in [0.2, 0.25) is 0 Å². The lowest BCUT2D eigenvalue weighted by atomic mass is 10.1. The zero-order chi connectivity index (χ0) is 18.7. The number of rotatable bonds is 5. The number of ether oxygens (including phenoxy) is 1. The number of halogens is 3. The highest BCUT2D eigenvalue weighted by atomic mass is 19.4. The third kappa shape index (κ3) is 5.30. The van der Waals surface area contributed by atoms with Crippen molar-refractivity contribution in [1.29, 1.82) is 0 Å². The van der Waals surface area contributed by atoms with Crippen LogP contribution in [0.25, 0.3) is 0 Å². The smallest absolute Gasteiger partial charge is 0.417 e. The Labute approximate surface area is 140 Å². The molecular formula is C15H15F3N4O3. The van der Waals surface area contributed by atoms with Gasteiger partial charge in [-0.3, -0.25) is 9.59 Å². The minimum atomic E-state index is -4.47. The number of pyridine rings is 1. The molecule has 1 amide bonds. The maximum Gasteiger partial charge on any atom is 0.417 e. The SMILES string of the molecule is CC(C)(COc1ccc(C(F)(F)F)cn1)NC(=O)c1ccc(=O)[nH]n1. The number of nitrogens with zero attached hydrogens (tertiary/aromatic N) is 2. The molecule has 2 aromatic heterocycles. The summed E-state index contributed by atoms with van der Waals surface area (Å²) < 4.78 is 42.7. The number of hydrogen-bond donors (Lipinski definition) is 2. The summed E-state index contributed by atoms with van der Waals surface area (Å²) in [4.78, 5) is 26.6. The van der Waals surface area contributed by atoms with E-state index in [2.05, 4.69) is 20.5 Å². The zero-order valence-corrected chi connectivity index (χ0v) is 13.3. The number of alkyl halides is 3. The predicted octanol–water partition coefficient (Wildman–Crippen LogP) is 1.77. The average molecular weight is 356 g/mol. The van der Waals surface area contributed by atoms with Crippen molar-refractivity contribution in [3.05, 3.63) is 52.1 Å². The third-order valence-electron chi connectivity index (χ3n) is 3.01. The van der Waals surface area contributed by atoms with Crippen molar-refractivity contribution in [2.45, 2.75) is 25.6 Å². The Hall–Kier alpha value is -2.91. The second-order valence-electron chi connectivity index (χ2n) is 5.82. The Morgan fingerprint density at radius 3 is 2.48 bits per heavy atom. The number of amides is 1. The minimum absolute atomic E-state index is 0.00232. The van der Waals surface area contributed by atoms with E-state index in [9.17, 15) is 22.8 Å². The van der Waals surface area contributed by atoms with E-state index in [0.29, 0.717) is 6.20 Å². The topological polar surface area (TPSA) is 97.0 Å². The number of aromatic amines is 1. The monoisotopic (exact) mass is 356 g/mol. The molecule has 0 bridgehead atoms. The summed E-state index contributed by atoms with van der Waals surface area (Å²) in [6.45, 7) is 3.27. The Morgan fingerprint density at radius 2 is 1.96 bits per heavy atom. The zero-order valence-electron chi connectivity index (χ0n) is 13.3. The van der Waals surface area contributed by atoms with Gasteiger partial charge in [0.2, 0.25) is 5.88 Å². The molecule has 0 saturated heterocycles. The van der Waals surface area contributed by atoms with E-state index in [0.717, 1.165) is 18.2 Å². The maximum atomic E-state index is 12.5. The maximum absolute atomic E-state index is 12.5. The molecule has 0 unspecified atom stereocenters. The second-order valence-corrected chi connectivity index (χ2v) is 5.82. The molecule has 0 fully saturated rings. The van der Waals surface area contributed by atoms with Crippen LogP contribution >= 0.6 is 0 Å². The summed E-state index contributed by atoms with van der Waals surface area (Å²) in [7, 11) is 0. The first-order chi connectivity index (χ1) is 11.6. The van der Waals surface area contributed by atoms with Crippen molar-refractivity contribution in [2.24, 2.45) is 0 Å². The number of hydrogen-bond acceptors (Lipinski definition) is 5. The molecule has 25 heavy (non-hydrogen) atoms. The standard InChI is InChI=1S/C15H15F3N4O3/c1-14(2,20-13(24)10-4-5-11(23)22-21-10)8-25-12-6-3-9(7-19-12)15(16,17)18/h3-7H,8H2,1-2H3,(H,20,24)(H,22,23). The van der Waals surface area contributed by atoms with Crippen molar-refractivity contribution >= 4 is 5.91 Å². The van der Waals surface area contributed by atoms with Gasteiger partial charge in [0, 0.05) is 18.3 Å². The van der Waals surface area contributed by atoms with Gasteiger partial charge in [0.1, 0.15) is 12.3 Å². The molecule has 10 heteroatoms. The highest BCUT2D eigenvalue weighted by Crippen LogP contribution is 2.29. The van der Waals surface area contributed by atoms with Crippen LogP contribution in [0.3, 0.4) is 0 Å². The summed E-state index contributed by atoms with van der Waals surface area (Å²) in [6.07, 6.45) is -3.80. The highest BCUT2D eigenvalue weighted by Gasteiger charge is 2.31. The first-order valence-corrected chi connectivity index (χ1v) is 7.11. The molecule has 0 radical (unpaired) electrons. The van der Waals surface area contributed by atoms with Crippen molar-refractivity contribution in [1.82, 2.24) is 20.5 Å². The third-order valence-corrected chi connectivity index (χ3v) is 3.01. The number of carbonyl (C=O) groups is 1. The van der Waals surface area contributed by atoms with E-state index in [4.69, 9.17) is 4.74 Å². The normalized spacial score (nSPS) is 11.9. The van der Waals surface area contributed by atoms with Crippen LogP contribution in [0.15, 0.2) is 35.3 Å². The van der Waals surface area contributed by atoms with Gasteiger partial charge in [0.25, 0.3) is 11.5 Å². The van der Waals surface area contributed by atoms with E-state index in [1.54, 1.807) is 13.8 Å². The summed E-state index contributed by atoms with van der Waals surface area (Å²) in [5.74, 6) is -0.539. The number of nitrogens with one attached hydrogen (secondary N) is 2. The van der Waals surface area contributed by atoms with Crippen LogP contribution in [0.4, 0.5) is 13.2 Å². The minimum Gasteiger partial charge on any atom is -0.475 e. The quantitative estimate of drug-likeness (QED) is 0.851. The molecule has 0 aliphatic carbocycles. The van der Waals surface area contributed by atoms with Gasteiger partial charge < -0.3 is 10.1 Å². The molecule has 2 aromatic rings. The van der Waals surface area contributed by atoms with Gasteiger partial charge in [0.05, 0.1) is 11.1 Å². The number of carbonyl (C=O) groups excluding carboxylic acids is 1. The molecule has 0 aromatic carbocycles. The highest BCUT2D eigenvalue weighted by molar-refractivity contribution is 5.92. The number of aromatic nitrogens is 3. The van der Waals surface area contributed by atoms with Crippen LogP contribution in [-0.4, -0.2) is 33.2 Å². The first-order valence-electron chi connectivity index (χ1n) is 7.11. The lowest BCUT2D eigenvalue weighted by Gasteiger charge is -2.25. The van der Waals surface area contributed by atoms with Gasteiger partial charge in [-0.2, -0.15) is 18.3 Å². The van der Waals surface area contributed by atoms with Crippen molar-refractivity contribution in [3.63, 3.8) is 0 Å². The largest absolute Gasteiger partial charge is 0.475 e. The molecule has 0 saturated carbocycles. The summed E-state index contributed by atoms with van der Waals surface area (Å²) in [5, 5.41) is 8.39. The molecular weight excluding hydrogens is 341 g/mol. The fourth-order valence-electron chi connectivity index (χ4n) is 1.77. The molecule has 0 atom stereocenters. The van der Waals surface area contributed by atoms with Crippen LogP contribution in [-0.2, 0) is 6.18 Å². The molecule has 0 aliphatic heterocycles. The van der Waals surface area contributed by atoms with Crippen LogP contribution in [0, 0.1) is 0 Å². The predicted molar refractivity (Wildman–Crippen MR) is 81.1 cm³/mol. The van der Waals surface area contributed by atoms with Gasteiger partial charge in [-0.15, -0.1) is 0 Å². The van der Waals surface area contributed by atoms with Crippen LogP contribution in [0.5, 0.6) is 5.88 Å². The van der Waals surface area contributed by atoms with E-state index in [1.807, 2.05) is 0 Å². The summed E-state index contributed by atoms with van der Waals surface area (Å²) >= 11 is 0.